The van der Waals surface area contributed by atoms with Gasteiger partial charge in [0.15, 0.2) is 0 Å². The monoisotopic (exact) mass is 176 g/mol. The molecule has 13 heavy (non-hydrogen) atoms. The second-order valence-electron chi connectivity index (χ2n) is 3.92. The number of aliphatic hydroxyl groups excluding tert-OH is 1. The van der Waals surface area contributed by atoms with Gasteiger partial charge in [0.1, 0.15) is 0 Å². The second kappa shape index (κ2) is 3.93. The van der Waals surface area contributed by atoms with Crippen LogP contribution in [-0.2, 0) is 0 Å². The van der Waals surface area contributed by atoms with Crippen molar-refractivity contribution in [2.45, 2.75) is 25.7 Å². The van der Waals surface area contributed by atoms with Gasteiger partial charge in [-0.25, -0.2) is 0 Å². The molecule has 0 spiro atoms. The third-order valence-corrected chi connectivity index (χ3v) is 2.71. The Balaban J connectivity index is 1.83. The Morgan fingerprint density at radius 1 is 1.38 bits per heavy atom. The minimum Gasteiger partial charge on any atom is -0.392 e. The zero-order chi connectivity index (χ0) is 9.10. The first-order chi connectivity index (χ1) is 6.38. The van der Waals surface area contributed by atoms with Crippen LogP contribution in [0.25, 0.3) is 0 Å². The normalized spacial score (nSPS) is 24.1. The summed E-state index contributed by atoms with van der Waals surface area (Å²) in [5.41, 5.74) is 2.58. The quantitative estimate of drug-likeness (QED) is 0.698. The van der Waals surface area contributed by atoms with E-state index in [9.17, 15) is 0 Å². The predicted octanol–water partition coefficient (Wildman–Crippen LogP) is 2.59. The van der Waals surface area contributed by atoms with Crippen LogP contribution in [0.2, 0.25) is 0 Å². The molecule has 1 nitrogen and oxygen atoms in total. The maximum Gasteiger partial charge on any atom is 0.0621 e. The Morgan fingerprint density at radius 3 is 2.92 bits per heavy atom. The van der Waals surface area contributed by atoms with E-state index in [1.54, 1.807) is 0 Å². The van der Waals surface area contributed by atoms with Crippen molar-refractivity contribution < 1.29 is 5.11 Å². The van der Waals surface area contributed by atoms with Crippen molar-refractivity contribution in [3.05, 3.63) is 35.5 Å². The van der Waals surface area contributed by atoms with Crippen LogP contribution < -0.4 is 0 Å². The molecule has 0 bridgehead atoms. The molecule has 0 heterocycles. The summed E-state index contributed by atoms with van der Waals surface area (Å²) in [5, 5.41) is 8.70. The first-order valence-electron chi connectivity index (χ1n) is 5.08. The molecule has 0 atom stereocenters. The van der Waals surface area contributed by atoms with Gasteiger partial charge in [-0.05, 0) is 29.9 Å². The molecule has 0 saturated heterocycles. The van der Waals surface area contributed by atoms with Crippen LogP contribution in [0.1, 0.15) is 25.7 Å². The summed E-state index contributed by atoms with van der Waals surface area (Å²) in [4.78, 5) is 0. The lowest BCUT2D eigenvalue weighted by Gasteiger charge is -1.96. The Labute approximate surface area is 79.5 Å². The molecule has 70 valence electrons. The van der Waals surface area contributed by atoms with Crippen molar-refractivity contribution in [3.8, 4) is 0 Å². The van der Waals surface area contributed by atoms with Gasteiger partial charge in [0.05, 0.1) is 6.61 Å². The number of allylic oxidation sites excluding steroid dienone is 5. The molecule has 0 aromatic heterocycles. The van der Waals surface area contributed by atoms with E-state index < -0.39 is 0 Å². The fourth-order valence-electron chi connectivity index (χ4n) is 1.68. The fraction of sp³-hybridized carbons (Fsp3) is 0.500. The van der Waals surface area contributed by atoms with Crippen LogP contribution in [-0.4, -0.2) is 11.7 Å². The molecule has 1 fully saturated rings. The first kappa shape index (κ1) is 8.76. The molecule has 0 unspecified atom stereocenters. The van der Waals surface area contributed by atoms with Crippen molar-refractivity contribution in [1.82, 2.24) is 0 Å². The van der Waals surface area contributed by atoms with Crippen LogP contribution >= 0.6 is 0 Å². The maximum atomic E-state index is 8.70. The minimum atomic E-state index is 0.145. The Morgan fingerprint density at radius 2 is 2.23 bits per heavy atom. The van der Waals surface area contributed by atoms with Crippen LogP contribution in [0.4, 0.5) is 0 Å². The standard InChI is InChI=1S/C12H16O/c13-8-7-12-6-5-11(9-12)4-3-10-1-2-10/h5-7,9-10,13H,1-4,8H2. The van der Waals surface area contributed by atoms with Gasteiger partial charge in [-0.1, -0.05) is 37.1 Å². The Kier molecular flexibility index (Phi) is 2.65. The summed E-state index contributed by atoms with van der Waals surface area (Å²) in [6, 6.07) is 0. The number of hydrogen-bond donors (Lipinski definition) is 1. The average Bonchev–Trinajstić information content (AvgIpc) is 2.85. The highest BCUT2D eigenvalue weighted by Gasteiger charge is 2.20. The van der Waals surface area contributed by atoms with Gasteiger partial charge < -0.3 is 5.11 Å². The number of rotatable bonds is 4. The zero-order valence-electron chi connectivity index (χ0n) is 7.87. The van der Waals surface area contributed by atoms with Gasteiger partial charge in [0.2, 0.25) is 0 Å². The van der Waals surface area contributed by atoms with E-state index >= 15 is 0 Å². The molecule has 2 rings (SSSR count). The molecule has 1 saturated carbocycles. The largest absolute Gasteiger partial charge is 0.392 e. The molecule has 1 N–H and O–H groups in total. The Hall–Kier alpha value is -0.820. The van der Waals surface area contributed by atoms with Gasteiger partial charge in [0.25, 0.3) is 0 Å². The van der Waals surface area contributed by atoms with E-state index in [0.29, 0.717) is 0 Å². The molecule has 1 heteroatoms. The lowest BCUT2D eigenvalue weighted by molar-refractivity contribution is 0.342. The Bertz CT molecular complexity index is 267. The van der Waals surface area contributed by atoms with Crippen molar-refractivity contribution in [2.75, 3.05) is 6.61 Å². The van der Waals surface area contributed by atoms with Gasteiger partial charge in [-0.3, -0.25) is 0 Å². The SMILES string of the molecule is OCC=C1C=CC(CCC2CC2)=C1. The fourth-order valence-corrected chi connectivity index (χ4v) is 1.68. The van der Waals surface area contributed by atoms with Crippen molar-refractivity contribution >= 4 is 0 Å². The van der Waals surface area contributed by atoms with Gasteiger partial charge in [0, 0.05) is 0 Å². The molecule has 0 aliphatic heterocycles. The lowest BCUT2D eigenvalue weighted by Crippen LogP contribution is -1.79. The maximum absolute atomic E-state index is 8.70. The number of aliphatic hydroxyl groups is 1. The van der Waals surface area contributed by atoms with E-state index in [1.807, 2.05) is 6.08 Å². The molecular formula is C12H16O. The lowest BCUT2D eigenvalue weighted by atomic mass is 10.1. The topological polar surface area (TPSA) is 20.2 Å². The molecule has 0 amide bonds. The highest BCUT2D eigenvalue weighted by molar-refractivity contribution is 5.45. The molecule has 0 aromatic rings. The van der Waals surface area contributed by atoms with Crippen molar-refractivity contribution in [1.29, 1.82) is 0 Å². The average molecular weight is 176 g/mol. The zero-order valence-corrected chi connectivity index (χ0v) is 7.87. The molecule has 2 aliphatic rings. The van der Waals surface area contributed by atoms with Gasteiger partial charge >= 0.3 is 0 Å². The van der Waals surface area contributed by atoms with Crippen LogP contribution in [0.15, 0.2) is 35.5 Å². The van der Waals surface area contributed by atoms with Crippen LogP contribution in [0.5, 0.6) is 0 Å². The summed E-state index contributed by atoms with van der Waals surface area (Å²) in [6.07, 6.45) is 13.7. The first-order valence-corrected chi connectivity index (χ1v) is 5.08. The minimum absolute atomic E-state index is 0.145. The molecule has 2 aliphatic carbocycles. The van der Waals surface area contributed by atoms with E-state index in [1.165, 1.54) is 31.3 Å². The number of hydrogen-bond acceptors (Lipinski definition) is 1. The van der Waals surface area contributed by atoms with E-state index in [4.69, 9.17) is 5.11 Å². The molecule has 0 radical (unpaired) electrons. The molecule has 0 aromatic carbocycles. The highest BCUT2D eigenvalue weighted by Crippen LogP contribution is 2.35. The van der Waals surface area contributed by atoms with Gasteiger partial charge in [-0.2, -0.15) is 0 Å². The highest BCUT2D eigenvalue weighted by atomic mass is 16.2. The van der Waals surface area contributed by atoms with Crippen molar-refractivity contribution in [2.24, 2.45) is 5.92 Å². The van der Waals surface area contributed by atoms with Gasteiger partial charge in [-0.15, -0.1) is 0 Å². The third-order valence-electron chi connectivity index (χ3n) is 2.71. The van der Waals surface area contributed by atoms with Crippen LogP contribution in [0, 0.1) is 5.92 Å². The predicted molar refractivity (Wildman–Crippen MR) is 54.3 cm³/mol. The van der Waals surface area contributed by atoms with Crippen molar-refractivity contribution in [3.63, 3.8) is 0 Å². The smallest absolute Gasteiger partial charge is 0.0621 e. The molecular weight excluding hydrogens is 160 g/mol. The third kappa shape index (κ3) is 2.56. The summed E-state index contributed by atoms with van der Waals surface area (Å²) in [7, 11) is 0. The van der Waals surface area contributed by atoms with E-state index in [0.717, 1.165) is 11.5 Å². The summed E-state index contributed by atoms with van der Waals surface area (Å²) in [5.74, 6) is 1.01. The second-order valence-corrected chi connectivity index (χ2v) is 3.92. The summed E-state index contributed by atoms with van der Waals surface area (Å²) >= 11 is 0. The summed E-state index contributed by atoms with van der Waals surface area (Å²) in [6.45, 7) is 0.145. The summed E-state index contributed by atoms with van der Waals surface area (Å²) < 4.78 is 0. The van der Waals surface area contributed by atoms with Crippen LogP contribution in [0.3, 0.4) is 0 Å². The van der Waals surface area contributed by atoms with E-state index in [2.05, 4.69) is 18.2 Å². The van der Waals surface area contributed by atoms with E-state index in [-0.39, 0.29) is 6.61 Å².